The normalized spacial score (nSPS) is 13.8. The Morgan fingerprint density at radius 2 is 1.97 bits per heavy atom. The molecule has 0 bridgehead atoms. The number of furan rings is 1. The zero-order chi connectivity index (χ0) is 22.8. The number of aromatic nitrogens is 5. The van der Waals surface area contributed by atoms with Crippen molar-refractivity contribution in [2.45, 2.75) is 6.54 Å². The highest BCUT2D eigenvalue weighted by atomic mass is 16.4. The number of nitrogens with two attached hydrogens (primary N) is 1. The van der Waals surface area contributed by atoms with Crippen LogP contribution in [0.4, 0.5) is 11.7 Å². The largest absolute Gasteiger partial charge is 0.459 e. The number of carbonyl (C=O) groups is 1. The number of hydrogen-bond donors (Lipinski definition) is 1. The molecule has 4 aromatic heterocycles. The van der Waals surface area contributed by atoms with Crippen LogP contribution in [-0.4, -0.2) is 61.9 Å². The molecule has 0 aromatic carbocycles. The first-order valence-corrected chi connectivity index (χ1v) is 10.2. The molecule has 166 valence electrons. The molecule has 0 spiro atoms. The molecule has 33 heavy (non-hydrogen) atoms. The molecular weight excluding hydrogens is 426 g/mol. The number of hydrogen-bond acceptors (Lipinski definition) is 10. The first kappa shape index (κ1) is 20.3. The van der Waals surface area contributed by atoms with Crippen molar-refractivity contribution in [3.8, 4) is 29.1 Å². The van der Waals surface area contributed by atoms with E-state index in [4.69, 9.17) is 14.6 Å². The molecule has 0 unspecified atom stereocenters. The molecule has 1 saturated heterocycles. The van der Waals surface area contributed by atoms with Crippen molar-refractivity contribution in [2.75, 3.05) is 36.8 Å². The number of carbonyl (C=O) groups excluding carboxylic acids is 1. The van der Waals surface area contributed by atoms with E-state index < -0.39 is 0 Å². The third kappa shape index (κ3) is 4.11. The van der Waals surface area contributed by atoms with Crippen LogP contribution in [0, 0.1) is 11.3 Å². The number of amides is 1. The van der Waals surface area contributed by atoms with Gasteiger partial charge in [0.1, 0.15) is 24.1 Å². The maximum atomic E-state index is 12.8. The van der Waals surface area contributed by atoms with Crippen LogP contribution in [0.15, 0.2) is 51.6 Å². The first-order chi connectivity index (χ1) is 16.1. The van der Waals surface area contributed by atoms with Crippen LogP contribution in [-0.2, 0) is 11.3 Å². The number of nitrogens with zero attached hydrogens (tertiary/aromatic N) is 8. The quantitative estimate of drug-likeness (QED) is 0.476. The lowest BCUT2D eigenvalue weighted by Gasteiger charge is -2.34. The minimum Gasteiger partial charge on any atom is -0.459 e. The Balaban J connectivity index is 1.21. The van der Waals surface area contributed by atoms with Crippen molar-refractivity contribution in [2.24, 2.45) is 0 Å². The highest BCUT2D eigenvalue weighted by Crippen LogP contribution is 2.29. The van der Waals surface area contributed by atoms with Crippen molar-refractivity contribution >= 4 is 17.6 Å². The second-order valence-corrected chi connectivity index (χ2v) is 7.38. The number of piperazine rings is 1. The summed E-state index contributed by atoms with van der Waals surface area (Å²) in [5.41, 5.74) is 7.04. The van der Waals surface area contributed by atoms with Crippen LogP contribution in [0.5, 0.6) is 0 Å². The Hall–Kier alpha value is -4.66. The second kappa shape index (κ2) is 8.46. The van der Waals surface area contributed by atoms with Gasteiger partial charge in [-0.2, -0.15) is 10.2 Å². The predicted molar refractivity (Wildman–Crippen MR) is 115 cm³/mol. The average molecular weight is 445 g/mol. The molecule has 5 heterocycles. The first-order valence-electron chi connectivity index (χ1n) is 10.2. The van der Waals surface area contributed by atoms with E-state index in [1.54, 1.807) is 41.4 Å². The van der Waals surface area contributed by atoms with E-state index in [1.165, 1.54) is 10.9 Å². The zero-order valence-electron chi connectivity index (χ0n) is 17.5. The van der Waals surface area contributed by atoms with Gasteiger partial charge in [0, 0.05) is 26.2 Å². The standard InChI is InChI=1S/C21H19N9O3/c22-11-15-21(33-20(25-15)17-4-2-10-32-17)29-8-6-28(7-9-29)19(31)13-30-12-16(26-27-30)14-3-1-5-18(23)24-14/h1-5,10,12H,6-9,13H2,(H2,23,24). The van der Waals surface area contributed by atoms with Gasteiger partial charge in [-0.1, -0.05) is 11.3 Å². The van der Waals surface area contributed by atoms with E-state index >= 15 is 0 Å². The molecule has 0 atom stereocenters. The number of oxazole rings is 1. The Bertz CT molecular complexity index is 1310. The van der Waals surface area contributed by atoms with Gasteiger partial charge in [0.15, 0.2) is 5.76 Å². The number of nitrogen functional groups attached to an aromatic ring is 1. The van der Waals surface area contributed by atoms with E-state index in [2.05, 4.69) is 26.3 Å². The summed E-state index contributed by atoms with van der Waals surface area (Å²) in [5.74, 6) is 1.39. The van der Waals surface area contributed by atoms with E-state index in [0.29, 0.717) is 55.0 Å². The number of nitriles is 1. The van der Waals surface area contributed by atoms with Crippen molar-refractivity contribution < 1.29 is 13.6 Å². The zero-order valence-corrected chi connectivity index (χ0v) is 17.5. The van der Waals surface area contributed by atoms with Crippen LogP contribution < -0.4 is 10.6 Å². The molecule has 2 N–H and O–H groups in total. The molecule has 1 fully saturated rings. The number of anilines is 2. The Labute approximate surface area is 187 Å². The van der Waals surface area contributed by atoms with Crippen molar-refractivity contribution in [3.63, 3.8) is 0 Å². The van der Waals surface area contributed by atoms with Crippen LogP contribution in [0.25, 0.3) is 23.0 Å². The second-order valence-electron chi connectivity index (χ2n) is 7.38. The number of rotatable bonds is 5. The van der Waals surface area contributed by atoms with Gasteiger partial charge in [0.05, 0.1) is 18.2 Å². The van der Waals surface area contributed by atoms with Crippen molar-refractivity contribution in [1.29, 1.82) is 5.26 Å². The summed E-state index contributed by atoms with van der Waals surface area (Å²) in [7, 11) is 0. The fraction of sp³-hybridized carbons (Fsp3) is 0.238. The molecule has 0 aliphatic carbocycles. The van der Waals surface area contributed by atoms with Crippen molar-refractivity contribution in [3.05, 3.63) is 48.5 Å². The molecule has 4 aromatic rings. The van der Waals surface area contributed by atoms with Gasteiger partial charge < -0.3 is 24.4 Å². The maximum Gasteiger partial charge on any atom is 0.266 e. The molecule has 0 radical (unpaired) electrons. The predicted octanol–water partition coefficient (Wildman–Crippen LogP) is 1.39. The Morgan fingerprint density at radius 3 is 2.70 bits per heavy atom. The summed E-state index contributed by atoms with van der Waals surface area (Å²) in [6.07, 6.45) is 3.18. The van der Waals surface area contributed by atoms with Crippen LogP contribution in [0.3, 0.4) is 0 Å². The Kier molecular flexibility index (Phi) is 5.19. The highest BCUT2D eigenvalue weighted by molar-refractivity contribution is 5.76. The molecular formula is C21H19N9O3. The van der Waals surface area contributed by atoms with Crippen LogP contribution >= 0.6 is 0 Å². The Morgan fingerprint density at radius 1 is 1.12 bits per heavy atom. The lowest BCUT2D eigenvalue weighted by molar-refractivity contribution is -0.132. The summed E-state index contributed by atoms with van der Waals surface area (Å²) in [5, 5.41) is 17.5. The lowest BCUT2D eigenvalue weighted by atomic mass is 10.3. The minimum atomic E-state index is -0.0824. The third-order valence-electron chi connectivity index (χ3n) is 5.24. The summed E-state index contributed by atoms with van der Waals surface area (Å²) in [4.78, 5) is 24.8. The topological polar surface area (TPSA) is 156 Å². The maximum absolute atomic E-state index is 12.8. The van der Waals surface area contributed by atoms with E-state index in [-0.39, 0.29) is 24.0 Å². The molecule has 12 nitrogen and oxygen atoms in total. The SMILES string of the molecule is N#Cc1nc(-c2ccco2)oc1N1CCN(C(=O)Cn2cc(-c3cccc(N)n3)nn2)CC1. The molecule has 1 amide bonds. The fourth-order valence-electron chi connectivity index (χ4n) is 3.59. The van der Waals surface area contributed by atoms with Gasteiger partial charge in [-0.15, -0.1) is 5.10 Å². The van der Waals surface area contributed by atoms with Gasteiger partial charge in [0.2, 0.25) is 17.5 Å². The smallest absolute Gasteiger partial charge is 0.266 e. The molecule has 5 rings (SSSR count). The monoisotopic (exact) mass is 445 g/mol. The van der Waals surface area contributed by atoms with Gasteiger partial charge in [0.25, 0.3) is 5.89 Å². The van der Waals surface area contributed by atoms with Crippen molar-refractivity contribution in [1.82, 2.24) is 29.9 Å². The average Bonchev–Trinajstić information content (AvgIpc) is 3.59. The van der Waals surface area contributed by atoms with Gasteiger partial charge in [-0.25, -0.2) is 9.67 Å². The summed E-state index contributed by atoms with van der Waals surface area (Å²) >= 11 is 0. The van der Waals surface area contributed by atoms with Crippen LogP contribution in [0.1, 0.15) is 5.69 Å². The summed E-state index contributed by atoms with van der Waals surface area (Å²) < 4.78 is 12.6. The molecule has 12 heteroatoms. The molecule has 1 aliphatic heterocycles. The van der Waals surface area contributed by atoms with Gasteiger partial charge >= 0.3 is 0 Å². The molecule has 0 saturated carbocycles. The highest BCUT2D eigenvalue weighted by Gasteiger charge is 2.27. The van der Waals surface area contributed by atoms with E-state index in [9.17, 15) is 10.1 Å². The number of pyridine rings is 1. The summed E-state index contributed by atoms with van der Waals surface area (Å²) in [6.45, 7) is 2.01. The van der Waals surface area contributed by atoms with E-state index in [0.717, 1.165) is 0 Å². The van der Waals surface area contributed by atoms with E-state index in [1.807, 2.05) is 4.90 Å². The van der Waals surface area contributed by atoms with Gasteiger partial charge in [-0.05, 0) is 24.3 Å². The minimum absolute atomic E-state index is 0.0592. The third-order valence-corrected chi connectivity index (χ3v) is 5.24. The summed E-state index contributed by atoms with van der Waals surface area (Å²) in [6, 6.07) is 10.7. The van der Waals surface area contributed by atoms with Crippen LogP contribution in [0.2, 0.25) is 0 Å². The molecule has 1 aliphatic rings. The lowest BCUT2D eigenvalue weighted by Crippen LogP contribution is -2.49. The van der Waals surface area contributed by atoms with Gasteiger partial charge in [-0.3, -0.25) is 4.79 Å². The fourth-order valence-corrected chi connectivity index (χ4v) is 3.59.